The number of ether oxygens (including phenoxy) is 2. The SMILES string of the molecule is CC1OC2CCCCC2OC1=O. The number of rotatable bonds is 0. The minimum Gasteiger partial charge on any atom is -0.458 e. The van der Waals surface area contributed by atoms with Gasteiger partial charge in [0, 0.05) is 0 Å². The number of fused-ring (bicyclic) bond motifs is 1. The van der Waals surface area contributed by atoms with Gasteiger partial charge in [-0.1, -0.05) is 6.42 Å². The number of carbonyl (C=O) groups excluding carboxylic acids is 1. The molecule has 0 radical (unpaired) electrons. The van der Waals surface area contributed by atoms with Crippen LogP contribution in [0.15, 0.2) is 0 Å². The molecule has 0 aromatic carbocycles. The zero-order valence-corrected chi connectivity index (χ0v) is 7.29. The molecule has 3 heteroatoms. The molecule has 1 saturated carbocycles. The molecule has 0 bridgehead atoms. The van der Waals surface area contributed by atoms with E-state index in [0.717, 1.165) is 19.3 Å². The van der Waals surface area contributed by atoms with Gasteiger partial charge in [-0.2, -0.15) is 0 Å². The van der Waals surface area contributed by atoms with Crippen molar-refractivity contribution in [3.05, 3.63) is 0 Å². The van der Waals surface area contributed by atoms with Gasteiger partial charge in [0.05, 0.1) is 6.10 Å². The number of hydrogen-bond donors (Lipinski definition) is 0. The zero-order chi connectivity index (χ0) is 8.55. The van der Waals surface area contributed by atoms with Crippen LogP contribution in [-0.4, -0.2) is 24.3 Å². The van der Waals surface area contributed by atoms with Crippen LogP contribution in [0.2, 0.25) is 0 Å². The fourth-order valence-electron chi connectivity index (χ4n) is 1.92. The van der Waals surface area contributed by atoms with Crippen molar-refractivity contribution < 1.29 is 14.3 Å². The Labute approximate surface area is 72.0 Å². The van der Waals surface area contributed by atoms with E-state index in [1.807, 2.05) is 0 Å². The Bertz CT molecular complexity index is 190. The highest BCUT2D eigenvalue weighted by Gasteiger charge is 2.37. The van der Waals surface area contributed by atoms with E-state index >= 15 is 0 Å². The van der Waals surface area contributed by atoms with Crippen LogP contribution in [0.25, 0.3) is 0 Å². The van der Waals surface area contributed by atoms with E-state index in [1.54, 1.807) is 6.92 Å². The predicted octanol–water partition coefficient (Wildman–Crippen LogP) is 1.26. The van der Waals surface area contributed by atoms with E-state index in [1.165, 1.54) is 6.42 Å². The first-order chi connectivity index (χ1) is 5.77. The molecular formula is C9H14O3. The summed E-state index contributed by atoms with van der Waals surface area (Å²) in [6.45, 7) is 1.76. The van der Waals surface area contributed by atoms with Crippen molar-refractivity contribution in [1.29, 1.82) is 0 Å². The summed E-state index contributed by atoms with van der Waals surface area (Å²) in [5.41, 5.74) is 0. The summed E-state index contributed by atoms with van der Waals surface area (Å²) >= 11 is 0. The standard InChI is InChI=1S/C9H14O3/c1-6-9(10)12-8-5-3-2-4-7(8)11-6/h6-8H,2-5H2,1H3. The zero-order valence-electron chi connectivity index (χ0n) is 7.29. The quantitative estimate of drug-likeness (QED) is 0.513. The Morgan fingerprint density at radius 2 is 1.92 bits per heavy atom. The molecule has 0 N–H and O–H groups in total. The molecule has 2 fully saturated rings. The Morgan fingerprint density at radius 1 is 1.25 bits per heavy atom. The van der Waals surface area contributed by atoms with Gasteiger partial charge in [0.1, 0.15) is 6.10 Å². The van der Waals surface area contributed by atoms with Crippen LogP contribution < -0.4 is 0 Å². The highest BCUT2D eigenvalue weighted by Crippen LogP contribution is 2.28. The van der Waals surface area contributed by atoms with Gasteiger partial charge in [-0.25, -0.2) is 4.79 Å². The third kappa shape index (κ3) is 1.33. The number of carbonyl (C=O) groups is 1. The van der Waals surface area contributed by atoms with E-state index in [-0.39, 0.29) is 24.3 Å². The van der Waals surface area contributed by atoms with Gasteiger partial charge in [-0.3, -0.25) is 0 Å². The van der Waals surface area contributed by atoms with Crippen molar-refractivity contribution >= 4 is 5.97 Å². The fourth-order valence-corrected chi connectivity index (χ4v) is 1.92. The van der Waals surface area contributed by atoms with Gasteiger partial charge in [-0.05, 0) is 26.2 Å². The van der Waals surface area contributed by atoms with Crippen molar-refractivity contribution in [2.24, 2.45) is 0 Å². The van der Waals surface area contributed by atoms with Crippen molar-refractivity contribution in [3.63, 3.8) is 0 Å². The second kappa shape index (κ2) is 3.05. The maximum absolute atomic E-state index is 11.1. The van der Waals surface area contributed by atoms with Crippen LogP contribution in [0, 0.1) is 0 Å². The van der Waals surface area contributed by atoms with E-state index in [9.17, 15) is 4.79 Å². The number of esters is 1. The molecule has 3 nitrogen and oxygen atoms in total. The van der Waals surface area contributed by atoms with E-state index in [0.29, 0.717) is 0 Å². The van der Waals surface area contributed by atoms with Gasteiger partial charge in [0.25, 0.3) is 0 Å². The van der Waals surface area contributed by atoms with Gasteiger partial charge in [0.15, 0.2) is 6.10 Å². The normalized spacial score (nSPS) is 41.8. The monoisotopic (exact) mass is 170 g/mol. The molecule has 2 rings (SSSR count). The maximum Gasteiger partial charge on any atom is 0.335 e. The molecule has 1 saturated heterocycles. The fraction of sp³-hybridized carbons (Fsp3) is 0.889. The first kappa shape index (κ1) is 8.05. The third-order valence-electron chi connectivity index (χ3n) is 2.62. The summed E-state index contributed by atoms with van der Waals surface area (Å²) < 4.78 is 10.8. The Morgan fingerprint density at radius 3 is 2.67 bits per heavy atom. The molecule has 0 spiro atoms. The molecule has 0 aromatic heterocycles. The minimum absolute atomic E-state index is 0.0439. The molecule has 68 valence electrons. The highest BCUT2D eigenvalue weighted by atomic mass is 16.6. The lowest BCUT2D eigenvalue weighted by atomic mass is 9.93. The Kier molecular flexibility index (Phi) is 2.05. The second-order valence-electron chi connectivity index (χ2n) is 3.58. The lowest BCUT2D eigenvalue weighted by Gasteiger charge is -2.37. The third-order valence-corrected chi connectivity index (χ3v) is 2.62. The molecular weight excluding hydrogens is 156 g/mol. The minimum atomic E-state index is -0.357. The van der Waals surface area contributed by atoms with Gasteiger partial charge < -0.3 is 9.47 Å². The van der Waals surface area contributed by atoms with Gasteiger partial charge >= 0.3 is 5.97 Å². The van der Waals surface area contributed by atoms with E-state index < -0.39 is 0 Å². The van der Waals surface area contributed by atoms with Crippen LogP contribution >= 0.6 is 0 Å². The smallest absolute Gasteiger partial charge is 0.335 e. The van der Waals surface area contributed by atoms with Crippen LogP contribution in [-0.2, 0) is 14.3 Å². The highest BCUT2D eigenvalue weighted by molar-refractivity contribution is 5.75. The predicted molar refractivity (Wildman–Crippen MR) is 42.7 cm³/mol. The van der Waals surface area contributed by atoms with Crippen molar-refractivity contribution in [2.45, 2.75) is 50.9 Å². The maximum atomic E-state index is 11.1. The summed E-state index contributed by atoms with van der Waals surface area (Å²) in [5.74, 6) is -0.196. The van der Waals surface area contributed by atoms with Crippen molar-refractivity contribution in [1.82, 2.24) is 0 Å². The Balaban J connectivity index is 2.02. The van der Waals surface area contributed by atoms with E-state index in [2.05, 4.69) is 0 Å². The number of hydrogen-bond acceptors (Lipinski definition) is 3. The molecule has 3 atom stereocenters. The molecule has 1 aliphatic heterocycles. The molecule has 0 aromatic rings. The van der Waals surface area contributed by atoms with Crippen molar-refractivity contribution in [2.75, 3.05) is 0 Å². The average molecular weight is 170 g/mol. The topological polar surface area (TPSA) is 35.5 Å². The van der Waals surface area contributed by atoms with Gasteiger partial charge in [0.2, 0.25) is 0 Å². The molecule has 1 heterocycles. The van der Waals surface area contributed by atoms with Crippen LogP contribution in [0.4, 0.5) is 0 Å². The molecule has 12 heavy (non-hydrogen) atoms. The molecule has 3 unspecified atom stereocenters. The van der Waals surface area contributed by atoms with Crippen molar-refractivity contribution in [3.8, 4) is 0 Å². The second-order valence-corrected chi connectivity index (χ2v) is 3.58. The molecule has 2 aliphatic rings. The largest absolute Gasteiger partial charge is 0.458 e. The molecule has 1 aliphatic carbocycles. The van der Waals surface area contributed by atoms with E-state index in [4.69, 9.17) is 9.47 Å². The van der Waals surface area contributed by atoms with Crippen LogP contribution in [0.5, 0.6) is 0 Å². The molecule has 0 amide bonds. The van der Waals surface area contributed by atoms with Crippen LogP contribution in [0.3, 0.4) is 0 Å². The summed E-state index contributed by atoms with van der Waals surface area (Å²) in [6, 6.07) is 0. The Hall–Kier alpha value is -0.570. The van der Waals surface area contributed by atoms with Crippen LogP contribution in [0.1, 0.15) is 32.6 Å². The van der Waals surface area contributed by atoms with Gasteiger partial charge in [-0.15, -0.1) is 0 Å². The summed E-state index contributed by atoms with van der Waals surface area (Å²) in [5, 5.41) is 0. The summed E-state index contributed by atoms with van der Waals surface area (Å²) in [7, 11) is 0. The summed E-state index contributed by atoms with van der Waals surface area (Å²) in [4.78, 5) is 11.1. The summed E-state index contributed by atoms with van der Waals surface area (Å²) in [6.07, 6.45) is 4.24. The lowest BCUT2D eigenvalue weighted by molar-refractivity contribution is -0.203. The first-order valence-electron chi connectivity index (χ1n) is 4.63. The first-order valence-corrected chi connectivity index (χ1v) is 4.63. The average Bonchev–Trinajstić information content (AvgIpc) is 2.07. The lowest BCUT2D eigenvalue weighted by Crippen LogP contribution is -2.47.